The van der Waals surface area contributed by atoms with Crippen molar-refractivity contribution < 1.29 is 24.2 Å². The highest BCUT2D eigenvalue weighted by Crippen LogP contribution is 2.16. The molecule has 1 aliphatic heterocycles. The molecular formula is C10H16N2O5. The standard InChI is InChI=1S/C10H16N2O5/c1-10(2,17-3)9(16)12-5-7(13)11-4-6(12)8(14)15/h6H,4-5H2,1-3H3,(H,11,13)(H,14,15). The summed E-state index contributed by atoms with van der Waals surface area (Å²) in [4.78, 5) is 35.3. The van der Waals surface area contributed by atoms with E-state index < -0.39 is 23.5 Å². The van der Waals surface area contributed by atoms with Gasteiger partial charge in [0.05, 0.1) is 0 Å². The van der Waals surface area contributed by atoms with Crippen molar-refractivity contribution in [1.29, 1.82) is 0 Å². The van der Waals surface area contributed by atoms with Crippen molar-refractivity contribution in [3.05, 3.63) is 0 Å². The van der Waals surface area contributed by atoms with Gasteiger partial charge in [0.15, 0.2) is 0 Å². The van der Waals surface area contributed by atoms with E-state index in [0.717, 1.165) is 4.90 Å². The summed E-state index contributed by atoms with van der Waals surface area (Å²) >= 11 is 0. The van der Waals surface area contributed by atoms with Crippen LogP contribution >= 0.6 is 0 Å². The van der Waals surface area contributed by atoms with Crippen molar-refractivity contribution in [2.75, 3.05) is 20.2 Å². The zero-order valence-corrected chi connectivity index (χ0v) is 10.0. The van der Waals surface area contributed by atoms with Gasteiger partial charge in [-0.3, -0.25) is 9.59 Å². The van der Waals surface area contributed by atoms with Crippen LogP contribution < -0.4 is 5.32 Å². The van der Waals surface area contributed by atoms with Gasteiger partial charge in [-0.25, -0.2) is 4.79 Å². The Labute approximate surface area is 98.7 Å². The number of rotatable bonds is 3. The minimum atomic E-state index is -1.15. The highest BCUT2D eigenvalue weighted by atomic mass is 16.5. The highest BCUT2D eigenvalue weighted by Gasteiger charge is 2.41. The number of amides is 2. The fourth-order valence-corrected chi connectivity index (χ4v) is 1.51. The molecule has 2 N–H and O–H groups in total. The van der Waals surface area contributed by atoms with E-state index in [1.54, 1.807) is 0 Å². The maximum Gasteiger partial charge on any atom is 0.328 e. The molecule has 0 spiro atoms. The Morgan fingerprint density at radius 1 is 1.53 bits per heavy atom. The molecule has 0 saturated carbocycles. The Morgan fingerprint density at radius 2 is 2.12 bits per heavy atom. The van der Waals surface area contributed by atoms with E-state index in [1.165, 1.54) is 21.0 Å². The summed E-state index contributed by atoms with van der Waals surface area (Å²) in [6.45, 7) is 2.71. The monoisotopic (exact) mass is 244 g/mol. The SMILES string of the molecule is COC(C)(C)C(=O)N1CC(=O)NCC1C(=O)O. The lowest BCUT2D eigenvalue weighted by Crippen LogP contribution is -2.62. The van der Waals surface area contributed by atoms with Crippen LogP contribution in [-0.4, -0.2) is 59.6 Å². The number of piperazine rings is 1. The summed E-state index contributed by atoms with van der Waals surface area (Å²) in [5, 5.41) is 11.4. The van der Waals surface area contributed by atoms with Crippen LogP contribution in [0.15, 0.2) is 0 Å². The fraction of sp³-hybridized carbons (Fsp3) is 0.700. The molecule has 7 nitrogen and oxygen atoms in total. The van der Waals surface area contributed by atoms with Crippen LogP contribution in [-0.2, 0) is 19.1 Å². The minimum absolute atomic E-state index is 0.0836. The Bertz CT molecular complexity index is 353. The van der Waals surface area contributed by atoms with E-state index >= 15 is 0 Å². The second-order valence-corrected chi connectivity index (χ2v) is 4.31. The molecule has 1 atom stereocenters. The van der Waals surface area contributed by atoms with Gasteiger partial charge in [0.1, 0.15) is 18.2 Å². The molecule has 1 saturated heterocycles. The van der Waals surface area contributed by atoms with Crippen LogP contribution in [0.25, 0.3) is 0 Å². The van der Waals surface area contributed by atoms with Gasteiger partial charge in [0, 0.05) is 13.7 Å². The number of ether oxygens (including phenoxy) is 1. The Hall–Kier alpha value is -1.63. The van der Waals surface area contributed by atoms with Gasteiger partial charge in [-0.05, 0) is 13.8 Å². The van der Waals surface area contributed by atoms with Crippen molar-refractivity contribution in [1.82, 2.24) is 10.2 Å². The van der Waals surface area contributed by atoms with Crippen molar-refractivity contribution >= 4 is 17.8 Å². The number of hydrogen-bond acceptors (Lipinski definition) is 4. The van der Waals surface area contributed by atoms with E-state index in [-0.39, 0.29) is 19.0 Å². The lowest BCUT2D eigenvalue weighted by atomic mass is 10.0. The molecule has 1 fully saturated rings. The van der Waals surface area contributed by atoms with Gasteiger partial charge < -0.3 is 20.1 Å². The topological polar surface area (TPSA) is 95.9 Å². The van der Waals surface area contributed by atoms with Crippen molar-refractivity contribution in [2.45, 2.75) is 25.5 Å². The molecule has 17 heavy (non-hydrogen) atoms. The molecule has 96 valence electrons. The second-order valence-electron chi connectivity index (χ2n) is 4.31. The highest BCUT2D eigenvalue weighted by molar-refractivity contribution is 5.94. The predicted octanol–water partition coefficient (Wildman–Crippen LogP) is -1.18. The lowest BCUT2D eigenvalue weighted by molar-refractivity contribution is -0.164. The van der Waals surface area contributed by atoms with E-state index in [1.807, 2.05) is 0 Å². The second kappa shape index (κ2) is 4.70. The summed E-state index contributed by atoms with van der Waals surface area (Å²) in [5.41, 5.74) is -1.15. The zero-order valence-electron chi connectivity index (χ0n) is 10.0. The van der Waals surface area contributed by atoms with Crippen LogP contribution in [0.2, 0.25) is 0 Å². The molecule has 0 aromatic carbocycles. The summed E-state index contributed by atoms with van der Waals surface area (Å²) in [7, 11) is 1.36. The number of hydrogen-bond donors (Lipinski definition) is 2. The number of carbonyl (C=O) groups is 3. The van der Waals surface area contributed by atoms with Gasteiger partial charge >= 0.3 is 5.97 Å². The first kappa shape index (κ1) is 13.4. The average molecular weight is 244 g/mol. The number of nitrogens with zero attached hydrogens (tertiary/aromatic N) is 1. The van der Waals surface area contributed by atoms with Crippen LogP contribution in [0, 0.1) is 0 Å². The Morgan fingerprint density at radius 3 is 2.59 bits per heavy atom. The Balaban J connectivity index is 2.94. The molecule has 0 bridgehead atoms. The van der Waals surface area contributed by atoms with E-state index in [0.29, 0.717) is 0 Å². The zero-order chi connectivity index (χ0) is 13.2. The van der Waals surface area contributed by atoms with E-state index in [9.17, 15) is 14.4 Å². The van der Waals surface area contributed by atoms with Gasteiger partial charge in [0.2, 0.25) is 5.91 Å². The third-order valence-corrected chi connectivity index (χ3v) is 2.75. The van der Waals surface area contributed by atoms with Crippen LogP contribution in [0.3, 0.4) is 0 Å². The molecular weight excluding hydrogens is 228 g/mol. The molecule has 0 radical (unpaired) electrons. The van der Waals surface area contributed by atoms with E-state index in [2.05, 4.69) is 5.32 Å². The van der Waals surface area contributed by atoms with Gasteiger partial charge in [-0.2, -0.15) is 0 Å². The molecule has 1 aliphatic rings. The molecule has 1 rings (SSSR count). The maximum atomic E-state index is 12.1. The third kappa shape index (κ3) is 2.73. The third-order valence-electron chi connectivity index (χ3n) is 2.75. The quantitative estimate of drug-likeness (QED) is 0.651. The lowest BCUT2D eigenvalue weighted by Gasteiger charge is -2.37. The number of nitrogens with one attached hydrogen (secondary N) is 1. The van der Waals surface area contributed by atoms with Crippen LogP contribution in [0.1, 0.15) is 13.8 Å². The molecule has 1 heterocycles. The number of methoxy groups -OCH3 is 1. The molecule has 0 aromatic heterocycles. The van der Waals surface area contributed by atoms with E-state index in [4.69, 9.17) is 9.84 Å². The largest absolute Gasteiger partial charge is 0.480 e. The normalized spacial score (nSPS) is 21.0. The molecule has 0 aromatic rings. The van der Waals surface area contributed by atoms with Crippen LogP contribution in [0.4, 0.5) is 0 Å². The number of carbonyl (C=O) groups excluding carboxylic acids is 2. The summed E-state index contributed by atoms with van der Waals surface area (Å²) < 4.78 is 5.00. The fourth-order valence-electron chi connectivity index (χ4n) is 1.51. The average Bonchev–Trinajstić information content (AvgIpc) is 2.27. The molecule has 0 aliphatic carbocycles. The van der Waals surface area contributed by atoms with Crippen molar-refractivity contribution in [2.24, 2.45) is 0 Å². The molecule has 2 amide bonds. The van der Waals surface area contributed by atoms with Crippen molar-refractivity contribution in [3.8, 4) is 0 Å². The summed E-state index contributed by atoms with van der Waals surface area (Å²) in [5.74, 6) is -2.03. The number of carboxylic acids is 1. The first-order valence-corrected chi connectivity index (χ1v) is 5.15. The predicted molar refractivity (Wildman–Crippen MR) is 57.2 cm³/mol. The summed E-state index contributed by atoms with van der Waals surface area (Å²) in [6.07, 6.45) is 0. The van der Waals surface area contributed by atoms with Gasteiger partial charge in [-0.15, -0.1) is 0 Å². The first-order valence-electron chi connectivity index (χ1n) is 5.15. The van der Waals surface area contributed by atoms with Crippen molar-refractivity contribution in [3.63, 3.8) is 0 Å². The van der Waals surface area contributed by atoms with Crippen LogP contribution in [0.5, 0.6) is 0 Å². The molecule has 1 unspecified atom stereocenters. The number of carboxylic acid groups (broad SMARTS) is 1. The summed E-state index contributed by atoms with van der Waals surface area (Å²) in [6, 6.07) is -1.05. The maximum absolute atomic E-state index is 12.1. The first-order chi connectivity index (χ1) is 7.79. The van der Waals surface area contributed by atoms with Gasteiger partial charge in [0.25, 0.3) is 5.91 Å². The Kier molecular flexibility index (Phi) is 3.72. The molecule has 7 heteroatoms. The number of aliphatic carboxylic acids is 1. The minimum Gasteiger partial charge on any atom is -0.480 e. The van der Waals surface area contributed by atoms with Gasteiger partial charge in [-0.1, -0.05) is 0 Å². The smallest absolute Gasteiger partial charge is 0.328 e.